The SMILES string of the molecule is C=C/C=C\C.C=N/C=C(\C(C)=C/C)n1ccc(=O)[nH]c1=O.CCCCC. The van der Waals surface area contributed by atoms with Crippen molar-refractivity contribution in [2.45, 2.75) is 53.9 Å². The fraction of sp³-hybridized carbons (Fsp3) is 0.381. The second kappa shape index (κ2) is 17.1. The van der Waals surface area contributed by atoms with Crippen molar-refractivity contribution in [1.82, 2.24) is 9.55 Å². The minimum absolute atomic E-state index is 0.426. The van der Waals surface area contributed by atoms with E-state index in [9.17, 15) is 9.59 Å². The maximum Gasteiger partial charge on any atom is 0.332 e. The first-order valence-electron chi connectivity index (χ1n) is 8.78. The van der Waals surface area contributed by atoms with E-state index < -0.39 is 11.2 Å². The van der Waals surface area contributed by atoms with Crippen LogP contribution in [-0.2, 0) is 0 Å². The van der Waals surface area contributed by atoms with Gasteiger partial charge in [-0.05, 0) is 33.1 Å². The first-order valence-corrected chi connectivity index (χ1v) is 8.78. The van der Waals surface area contributed by atoms with Crippen LogP contribution in [0.3, 0.4) is 0 Å². The van der Waals surface area contributed by atoms with E-state index in [1.54, 1.807) is 6.08 Å². The first kappa shape index (κ1) is 25.5. The van der Waals surface area contributed by atoms with Gasteiger partial charge in [-0.3, -0.25) is 19.3 Å². The van der Waals surface area contributed by atoms with Gasteiger partial charge >= 0.3 is 5.69 Å². The molecule has 0 atom stereocenters. The normalized spacial score (nSPS) is 11.1. The molecule has 0 saturated heterocycles. The third-order valence-corrected chi connectivity index (χ3v) is 3.17. The largest absolute Gasteiger partial charge is 0.332 e. The third-order valence-electron chi connectivity index (χ3n) is 3.17. The molecule has 1 aromatic heterocycles. The summed E-state index contributed by atoms with van der Waals surface area (Å²) >= 11 is 0. The fourth-order valence-electron chi connectivity index (χ4n) is 1.68. The lowest BCUT2D eigenvalue weighted by Gasteiger charge is -2.08. The van der Waals surface area contributed by atoms with Crippen LogP contribution in [0.5, 0.6) is 0 Å². The van der Waals surface area contributed by atoms with Gasteiger partial charge in [0.25, 0.3) is 5.56 Å². The predicted molar refractivity (Wildman–Crippen MR) is 115 cm³/mol. The van der Waals surface area contributed by atoms with E-state index in [1.165, 1.54) is 42.3 Å². The van der Waals surface area contributed by atoms with Gasteiger partial charge in [0.2, 0.25) is 0 Å². The Morgan fingerprint density at radius 3 is 2.19 bits per heavy atom. The van der Waals surface area contributed by atoms with Gasteiger partial charge in [-0.1, -0.05) is 64.0 Å². The predicted octanol–water partition coefficient (Wildman–Crippen LogP) is 4.95. The van der Waals surface area contributed by atoms with Gasteiger partial charge in [-0.2, -0.15) is 0 Å². The molecule has 0 aromatic carbocycles. The number of hydrogen-bond donors (Lipinski definition) is 1. The van der Waals surface area contributed by atoms with Crippen LogP contribution in [-0.4, -0.2) is 16.3 Å². The van der Waals surface area contributed by atoms with Crippen molar-refractivity contribution < 1.29 is 0 Å². The summed E-state index contributed by atoms with van der Waals surface area (Å²) in [5, 5.41) is 0. The van der Waals surface area contributed by atoms with Gasteiger partial charge in [-0.15, -0.1) is 0 Å². The molecule has 0 radical (unpaired) electrons. The van der Waals surface area contributed by atoms with Gasteiger partial charge in [-0.25, -0.2) is 4.79 Å². The number of unbranched alkanes of at least 4 members (excludes halogenated alkanes) is 2. The molecule has 1 rings (SSSR count). The Hall–Kier alpha value is -2.69. The molecule has 0 aliphatic rings. The van der Waals surface area contributed by atoms with Gasteiger partial charge in [0.05, 0.1) is 11.9 Å². The topological polar surface area (TPSA) is 67.2 Å². The van der Waals surface area contributed by atoms with Crippen molar-refractivity contribution in [2.24, 2.45) is 4.99 Å². The Morgan fingerprint density at radius 2 is 1.88 bits per heavy atom. The molecule has 144 valence electrons. The van der Waals surface area contributed by atoms with Gasteiger partial charge in [0.15, 0.2) is 0 Å². The number of rotatable bonds is 6. The number of aromatic nitrogens is 2. The number of aromatic amines is 1. The maximum atomic E-state index is 11.6. The number of nitrogens with one attached hydrogen (secondary N) is 1. The molecule has 0 fully saturated rings. The Kier molecular flexibility index (Phi) is 16.8. The number of allylic oxidation sites excluding steroid dienone is 6. The molecule has 0 spiro atoms. The Balaban J connectivity index is 0. The van der Waals surface area contributed by atoms with Crippen LogP contribution in [0, 0.1) is 0 Å². The molecule has 1 N–H and O–H groups in total. The van der Waals surface area contributed by atoms with E-state index in [4.69, 9.17) is 0 Å². The highest BCUT2D eigenvalue weighted by atomic mass is 16.2. The Bertz CT molecular complexity index is 717. The molecule has 1 heterocycles. The van der Waals surface area contributed by atoms with Crippen LogP contribution >= 0.6 is 0 Å². The summed E-state index contributed by atoms with van der Waals surface area (Å²) in [4.78, 5) is 28.3. The minimum atomic E-state index is -0.497. The summed E-state index contributed by atoms with van der Waals surface area (Å²) < 4.78 is 1.31. The van der Waals surface area contributed by atoms with Crippen molar-refractivity contribution in [3.05, 3.63) is 75.8 Å². The van der Waals surface area contributed by atoms with Crippen LogP contribution in [0.15, 0.2) is 69.5 Å². The second-order valence-corrected chi connectivity index (χ2v) is 5.26. The molecule has 0 aliphatic carbocycles. The molecule has 0 saturated carbocycles. The van der Waals surface area contributed by atoms with Gasteiger partial charge in [0, 0.05) is 12.3 Å². The number of H-pyrrole nitrogens is 1. The highest BCUT2D eigenvalue weighted by Gasteiger charge is 2.04. The molecule has 0 bridgehead atoms. The lowest BCUT2D eigenvalue weighted by Crippen LogP contribution is -2.28. The van der Waals surface area contributed by atoms with Crippen molar-refractivity contribution in [3.63, 3.8) is 0 Å². The molecule has 0 amide bonds. The van der Waals surface area contributed by atoms with Gasteiger partial charge in [0.1, 0.15) is 0 Å². The zero-order valence-corrected chi connectivity index (χ0v) is 16.8. The summed E-state index contributed by atoms with van der Waals surface area (Å²) in [6, 6.07) is 1.28. The van der Waals surface area contributed by atoms with E-state index in [0.717, 1.165) is 5.57 Å². The summed E-state index contributed by atoms with van der Waals surface area (Å²) in [5.41, 5.74) is 0.522. The van der Waals surface area contributed by atoms with Crippen LogP contribution in [0.1, 0.15) is 53.9 Å². The molecular weight excluding hydrogens is 326 g/mol. The van der Waals surface area contributed by atoms with Crippen molar-refractivity contribution in [1.29, 1.82) is 0 Å². The van der Waals surface area contributed by atoms with Gasteiger partial charge < -0.3 is 0 Å². The van der Waals surface area contributed by atoms with Crippen LogP contribution in [0.2, 0.25) is 0 Å². The number of nitrogens with zero attached hydrogens (tertiary/aromatic N) is 2. The molecule has 0 unspecified atom stereocenters. The first-order chi connectivity index (χ1) is 12.4. The molecule has 5 nitrogen and oxygen atoms in total. The average Bonchev–Trinajstić information content (AvgIpc) is 2.62. The minimum Gasteiger partial charge on any atom is -0.274 e. The van der Waals surface area contributed by atoms with Crippen molar-refractivity contribution >= 4 is 12.4 Å². The fourth-order valence-corrected chi connectivity index (χ4v) is 1.68. The lowest BCUT2D eigenvalue weighted by molar-refractivity contribution is 0.772. The molecule has 5 heteroatoms. The highest BCUT2D eigenvalue weighted by molar-refractivity contribution is 5.63. The maximum absolute atomic E-state index is 11.6. The lowest BCUT2D eigenvalue weighted by atomic mass is 10.2. The number of hydrogen-bond acceptors (Lipinski definition) is 3. The molecule has 1 aromatic rings. The van der Waals surface area contributed by atoms with Crippen LogP contribution in [0.25, 0.3) is 5.70 Å². The second-order valence-electron chi connectivity index (χ2n) is 5.26. The highest BCUT2D eigenvalue weighted by Crippen LogP contribution is 2.12. The quantitative estimate of drug-likeness (QED) is 0.577. The summed E-state index contributed by atoms with van der Waals surface area (Å²) in [7, 11) is 0. The summed E-state index contributed by atoms with van der Waals surface area (Å²) in [6.45, 7) is 16.9. The average molecular weight is 360 g/mol. The van der Waals surface area contributed by atoms with Crippen LogP contribution < -0.4 is 11.2 Å². The summed E-state index contributed by atoms with van der Waals surface area (Å²) in [5.74, 6) is 0. The molecule has 26 heavy (non-hydrogen) atoms. The van der Waals surface area contributed by atoms with Crippen molar-refractivity contribution in [2.75, 3.05) is 0 Å². The van der Waals surface area contributed by atoms with E-state index >= 15 is 0 Å². The van der Waals surface area contributed by atoms with E-state index in [0.29, 0.717) is 5.70 Å². The van der Waals surface area contributed by atoms with Crippen LogP contribution in [0.4, 0.5) is 0 Å². The van der Waals surface area contributed by atoms with E-state index in [-0.39, 0.29) is 0 Å². The smallest absolute Gasteiger partial charge is 0.274 e. The Labute approximate surface area is 157 Å². The number of aliphatic imine (C=N–C) groups is 1. The van der Waals surface area contributed by atoms with E-state index in [1.807, 2.05) is 39.0 Å². The third kappa shape index (κ3) is 11.8. The van der Waals surface area contributed by atoms with E-state index in [2.05, 4.69) is 37.1 Å². The zero-order valence-electron chi connectivity index (χ0n) is 16.8. The Morgan fingerprint density at radius 1 is 1.27 bits per heavy atom. The summed E-state index contributed by atoms with van der Waals surface area (Å²) in [6.07, 6.45) is 14.4. The van der Waals surface area contributed by atoms with Crippen molar-refractivity contribution in [3.8, 4) is 0 Å². The standard InChI is InChI=1S/C11H13N3O2.C5H12.C5H8/c1-4-8(2)9(7-12-3)14-6-5-10(15)13-11(14)16;2*1-3-5-4-2/h4-7H,3H2,1-2H3,(H,13,15,16);3-5H2,1-2H3;3-5H,1H2,2H3/b8-4-,9-7+;;5-4-. The monoisotopic (exact) mass is 359 g/mol. The zero-order chi connectivity index (χ0) is 20.4. The molecular formula is C21H33N3O2. The molecule has 0 aliphatic heterocycles.